The van der Waals surface area contributed by atoms with E-state index < -0.39 is 5.91 Å². The molecule has 0 saturated carbocycles. The van der Waals surface area contributed by atoms with E-state index in [2.05, 4.69) is 0 Å². The van der Waals surface area contributed by atoms with Crippen molar-refractivity contribution in [3.05, 3.63) is 34.9 Å². The number of hydrogen-bond acceptors (Lipinski definition) is 3. The van der Waals surface area contributed by atoms with Crippen molar-refractivity contribution in [3.8, 4) is 0 Å². The lowest BCUT2D eigenvalue weighted by Gasteiger charge is -2.20. The van der Waals surface area contributed by atoms with Crippen molar-refractivity contribution in [1.82, 2.24) is 5.48 Å². The minimum Gasteiger partial charge on any atom is -0.393 e. The summed E-state index contributed by atoms with van der Waals surface area (Å²) in [6.07, 6.45) is 1.89. The number of hydroxylamine groups is 1. The Kier molecular flexibility index (Phi) is 2.70. The summed E-state index contributed by atoms with van der Waals surface area (Å²) >= 11 is 0. The van der Waals surface area contributed by atoms with Gasteiger partial charge in [0, 0.05) is 5.56 Å². The molecule has 0 radical (unpaired) electrons. The molecular formula is C11H13NO3. The fourth-order valence-electron chi connectivity index (χ4n) is 1.94. The molecular weight excluding hydrogens is 194 g/mol. The number of aliphatic hydroxyl groups is 1. The molecule has 0 aliphatic heterocycles. The number of amides is 1. The predicted octanol–water partition coefficient (Wildman–Crippen LogP) is 0.655. The van der Waals surface area contributed by atoms with E-state index in [4.69, 9.17) is 5.21 Å². The largest absolute Gasteiger partial charge is 0.393 e. The highest BCUT2D eigenvalue weighted by Crippen LogP contribution is 2.22. The van der Waals surface area contributed by atoms with E-state index in [1.165, 1.54) is 0 Å². The van der Waals surface area contributed by atoms with Crippen LogP contribution in [0.4, 0.5) is 0 Å². The number of fused-ring (bicyclic) bond motifs is 1. The number of aryl methyl sites for hydroxylation is 1. The Labute approximate surface area is 87.5 Å². The van der Waals surface area contributed by atoms with Gasteiger partial charge >= 0.3 is 0 Å². The average molecular weight is 207 g/mol. The van der Waals surface area contributed by atoms with Gasteiger partial charge < -0.3 is 5.11 Å². The van der Waals surface area contributed by atoms with E-state index in [9.17, 15) is 9.90 Å². The van der Waals surface area contributed by atoms with Crippen LogP contribution in [0.15, 0.2) is 18.2 Å². The van der Waals surface area contributed by atoms with Crippen molar-refractivity contribution < 1.29 is 15.1 Å². The summed E-state index contributed by atoms with van der Waals surface area (Å²) in [7, 11) is 0. The minimum atomic E-state index is -0.496. The van der Waals surface area contributed by atoms with Gasteiger partial charge in [-0.3, -0.25) is 10.0 Å². The van der Waals surface area contributed by atoms with Gasteiger partial charge in [0.05, 0.1) is 6.10 Å². The molecule has 0 saturated heterocycles. The summed E-state index contributed by atoms with van der Waals surface area (Å²) in [5.41, 5.74) is 4.23. The fourth-order valence-corrected chi connectivity index (χ4v) is 1.94. The summed E-state index contributed by atoms with van der Waals surface area (Å²) in [5.74, 6) is -0.496. The molecule has 0 aromatic heterocycles. The highest BCUT2D eigenvalue weighted by Gasteiger charge is 2.17. The van der Waals surface area contributed by atoms with Crippen LogP contribution in [0.25, 0.3) is 0 Å². The molecule has 1 amide bonds. The van der Waals surface area contributed by atoms with E-state index in [1.807, 2.05) is 6.07 Å². The Morgan fingerprint density at radius 1 is 1.40 bits per heavy atom. The maximum atomic E-state index is 11.2. The number of nitrogens with one attached hydrogen (secondary N) is 1. The van der Waals surface area contributed by atoms with Crippen LogP contribution in [0, 0.1) is 0 Å². The van der Waals surface area contributed by atoms with Crippen LogP contribution in [0.3, 0.4) is 0 Å². The molecule has 1 aliphatic carbocycles. The molecule has 4 heteroatoms. The summed E-state index contributed by atoms with van der Waals surface area (Å²) < 4.78 is 0. The van der Waals surface area contributed by atoms with E-state index in [-0.39, 0.29) is 6.10 Å². The maximum absolute atomic E-state index is 11.2. The zero-order valence-electron chi connectivity index (χ0n) is 8.23. The monoisotopic (exact) mass is 207 g/mol. The van der Waals surface area contributed by atoms with Crippen molar-refractivity contribution in [2.24, 2.45) is 0 Å². The van der Waals surface area contributed by atoms with Crippen LogP contribution in [0.2, 0.25) is 0 Å². The van der Waals surface area contributed by atoms with E-state index in [1.54, 1.807) is 17.6 Å². The Morgan fingerprint density at radius 2 is 2.20 bits per heavy atom. The number of rotatable bonds is 1. The van der Waals surface area contributed by atoms with Crippen LogP contribution in [0.1, 0.15) is 27.9 Å². The van der Waals surface area contributed by atoms with Crippen molar-refractivity contribution in [2.45, 2.75) is 25.4 Å². The van der Waals surface area contributed by atoms with Crippen LogP contribution in [-0.2, 0) is 12.8 Å². The lowest BCUT2D eigenvalue weighted by Crippen LogP contribution is -2.21. The van der Waals surface area contributed by atoms with Gasteiger partial charge in [-0.05, 0) is 42.5 Å². The molecule has 0 fully saturated rings. The fraction of sp³-hybridized carbons (Fsp3) is 0.364. The Bertz CT molecular complexity index is 389. The van der Waals surface area contributed by atoms with Gasteiger partial charge in [-0.25, -0.2) is 5.48 Å². The second-order valence-corrected chi connectivity index (χ2v) is 3.82. The molecule has 3 N–H and O–H groups in total. The van der Waals surface area contributed by atoms with Gasteiger partial charge in [-0.15, -0.1) is 0 Å². The first-order chi connectivity index (χ1) is 7.20. The molecule has 80 valence electrons. The van der Waals surface area contributed by atoms with Crippen LogP contribution in [0.5, 0.6) is 0 Å². The molecule has 15 heavy (non-hydrogen) atoms. The molecule has 1 atom stereocenters. The summed E-state index contributed by atoms with van der Waals surface area (Å²) in [6, 6.07) is 5.26. The lowest BCUT2D eigenvalue weighted by atomic mass is 9.88. The number of benzene rings is 1. The molecule has 0 bridgehead atoms. The van der Waals surface area contributed by atoms with Crippen molar-refractivity contribution in [2.75, 3.05) is 0 Å². The third-order valence-corrected chi connectivity index (χ3v) is 2.77. The molecule has 1 aromatic rings. The number of hydrogen-bond donors (Lipinski definition) is 3. The summed E-state index contributed by atoms with van der Waals surface area (Å²) in [5, 5.41) is 18.0. The predicted molar refractivity (Wildman–Crippen MR) is 53.7 cm³/mol. The number of aliphatic hydroxyl groups excluding tert-OH is 1. The van der Waals surface area contributed by atoms with Gasteiger partial charge in [-0.2, -0.15) is 0 Å². The molecule has 1 aromatic carbocycles. The number of carbonyl (C=O) groups excluding carboxylic acids is 1. The lowest BCUT2D eigenvalue weighted by molar-refractivity contribution is 0.0706. The van der Waals surface area contributed by atoms with Crippen molar-refractivity contribution >= 4 is 5.91 Å². The maximum Gasteiger partial charge on any atom is 0.274 e. The minimum absolute atomic E-state index is 0.269. The highest BCUT2D eigenvalue weighted by molar-refractivity contribution is 5.93. The second kappa shape index (κ2) is 4.00. The average Bonchev–Trinajstić information content (AvgIpc) is 2.27. The van der Waals surface area contributed by atoms with Gasteiger partial charge in [0.1, 0.15) is 0 Å². The zero-order chi connectivity index (χ0) is 10.8. The highest BCUT2D eigenvalue weighted by atomic mass is 16.5. The summed E-state index contributed by atoms with van der Waals surface area (Å²) in [4.78, 5) is 11.2. The van der Waals surface area contributed by atoms with E-state index in [0.29, 0.717) is 12.0 Å². The molecule has 0 heterocycles. The number of carbonyl (C=O) groups is 1. The normalized spacial score (nSPS) is 19.5. The smallest absolute Gasteiger partial charge is 0.274 e. The molecule has 0 spiro atoms. The standard InChI is InChI=1S/C11H13NO3/c13-10-4-3-7-5-9(11(14)12-15)2-1-8(7)6-10/h1-2,5,10,13,15H,3-4,6H2,(H,12,14). The molecule has 1 unspecified atom stereocenters. The Balaban J connectivity index is 2.30. The Hall–Kier alpha value is -1.39. The third kappa shape index (κ3) is 2.00. The van der Waals surface area contributed by atoms with Crippen molar-refractivity contribution in [1.29, 1.82) is 0 Å². The third-order valence-electron chi connectivity index (χ3n) is 2.77. The van der Waals surface area contributed by atoms with Crippen LogP contribution in [-0.4, -0.2) is 22.3 Å². The first kappa shape index (κ1) is 10.1. The van der Waals surface area contributed by atoms with Gasteiger partial charge in [0.25, 0.3) is 5.91 Å². The molecule has 4 nitrogen and oxygen atoms in total. The van der Waals surface area contributed by atoms with Crippen LogP contribution < -0.4 is 5.48 Å². The summed E-state index contributed by atoms with van der Waals surface area (Å²) in [6.45, 7) is 0. The SMILES string of the molecule is O=C(NO)c1ccc2c(c1)CCC(O)C2. The first-order valence-corrected chi connectivity index (χ1v) is 4.95. The van der Waals surface area contributed by atoms with Gasteiger partial charge in [-0.1, -0.05) is 6.07 Å². The van der Waals surface area contributed by atoms with Gasteiger partial charge in [0.15, 0.2) is 0 Å². The van der Waals surface area contributed by atoms with Crippen LogP contribution >= 0.6 is 0 Å². The van der Waals surface area contributed by atoms with Gasteiger partial charge in [0.2, 0.25) is 0 Å². The molecule has 2 rings (SSSR count). The second-order valence-electron chi connectivity index (χ2n) is 3.82. The molecule has 1 aliphatic rings. The van der Waals surface area contributed by atoms with E-state index in [0.717, 1.165) is 24.0 Å². The van der Waals surface area contributed by atoms with Crippen molar-refractivity contribution in [3.63, 3.8) is 0 Å². The first-order valence-electron chi connectivity index (χ1n) is 4.95. The zero-order valence-corrected chi connectivity index (χ0v) is 8.23. The topological polar surface area (TPSA) is 69.6 Å². The van der Waals surface area contributed by atoms with E-state index >= 15 is 0 Å². The Morgan fingerprint density at radius 3 is 2.93 bits per heavy atom. The quantitative estimate of drug-likeness (QED) is 0.468.